The van der Waals surface area contributed by atoms with Crippen molar-refractivity contribution in [2.75, 3.05) is 7.11 Å². The van der Waals surface area contributed by atoms with Gasteiger partial charge in [0.2, 0.25) is 0 Å². The summed E-state index contributed by atoms with van der Waals surface area (Å²) in [7, 11) is 1.59. The van der Waals surface area contributed by atoms with E-state index in [1.54, 1.807) is 31.4 Å². The normalized spacial score (nSPS) is 11.0. The Labute approximate surface area is 175 Å². The zero-order chi connectivity index (χ0) is 20.5. The highest BCUT2D eigenvalue weighted by molar-refractivity contribution is 7.19. The Morgan fingerprint density at radius 1 is 1.21 bits per heavy atom. The molecule has 0 amide bonds. The summed E-state index contributed by atoms with van der Waals surface area (Å²) in [6.07, 6.45) is 0. The van der Waals surface area contributed by atoms with Gasteiger partial charge in [0.05, 0.1) is 16.8 Å². The standard InChI is InChI=1S/C21H16ClN3O3S/c1-12-23-19-20(29-12)18(14-4-3-5-16(10-14)28-2)24-25(21(19)27)11-17(26)13-6-8-15(22)9-7-13/h3-10H,11H2,1-2H3. The molecule has 0 radical (unpaired) electrons. The van der Waals surface area contributed by atoms with Gasteiger partial charge < -0.3 is 4.74 Å². The number of ether oxygens (including phenoxy) is 1. The molecule has 0 saturated carbocycles. The number of rotatable bonds is 5. The van der Waals surface area contributed by atoms with Gasteiger partial charge in [-0.3, -0.25) is 9.59 Å². The number of hydrogen-bond donors (Lipinski definition) is 0. The van der Waals surface area contributed by atoms with Crippen LogP contribution < -0.4 is 10.3 Å². The van der Waals surface area contributed by atoms with E-state index >= 15 is 0 Å². The summed E-state index contributed by atoms with van der Waals surface area (Å²) in [6.45, 7) is 1.65. The third kappa shape index (κ3) is 3.79. The van der Waals surface area contributed by atoms with E-state index in [0.717, 1.165) is 10.6 Å². The lowest BCUT2D eigenvalue weighted by atomic mass is 10.1. The first-order valence-corrected chi connectivity index (χ1v) is 9.97. The minimum absolute atomic E-state index is 0.191. The number of benzene rings is 2. The van der Waals surface area contributed by atoms with Crippen LogP contribution in [-0.2, 0) is 6.54 Å². The van der Waals surface area contributed by atoms with Crippen molar-refractivity contribution in [3.63, 3.8) is 0 Å². The number of aryl methyl sites for hydroxylation is 1. The molecule has 8 heteroatoms. The SMILES string of the molecule is COc1cccc(-c2nn(CC(=O)c3ccc(Cl)cc3)c(=O)c3nc(C)sc23)c1. The highest BCUT2D eigenvalue weighted by Crippen LogP contribution is 2.31. The Kier molecular flexibility index (Phi) is 5.17. The first kappa shape index (κ1) is 19.3. The van der Waals surface area contributed by atoms with Gasteiger partial charge in [0.15, 0.2) is 11.3 Å². The third-order valence-electron chi connectivity index (χ3n) is 4.41. The van der Waals surface area contributed by atoms with Crippen LogP contribution in [0.2, 0.25) is 5.02 Å². The number of carbonyl (C=O) groups excluding carboxylic acids is 1. The Balaban J connectivity index is 1.84. The molecule has 0 unspecified atom stereocenters. The summed E-state index contributed by atoms with van der Waals surface area (Å²) in [5.74, 6) is 0.438. The molecule has 0 saturated heterocycles. The lowest BCUT2D eigenvalue weighted by Crippen LogP contribution is -2.27. The average Bonchev–Trinajstić information content (AvgIpc) is 3.12. The predicted octanol–water partition coefficient (Wildman–Crippen LogP) is 4.37. The zero-order valence-electron chi connectivity index (χ0n) is 15.7. The summed E-state index contributed by atoms with van der Waals surface area (Å²) in [5, 5.41) is 5.81. The van der Waals surface area contributed by atoms with Gasteiger partial charge in [-0.05, 0) is 43.3 Å². The van der Waals surface area contributed by atoms with E-state index in [0.29, 0.717) is 32.2 Å². The topological polar surface area (TPSA) is 74.1 Å². The van der Waals surface area contributed by atoms with E-state index in [1.165, 1.54) is 16.0 Å². The minimum atomic E-state index is -0.390. The van der Waals surface area contributed by atoms with Crippen molar-refractivity contribution in [2.24, 2.45) is 0 Å². The van der Waals surface area contributed by atoms with Gasteiger partial charge in [-0.15, -0.1) is 11.3 Å². The molecule has 0 bridgehead atoms. The first-order valence-electron chi connectivity index (χ1n) is 8.77. The molecular weight excluding hydrogens is 410 g/mol. The number of fused-ring (bicyclic) bond motifs is 1. The van der Waals surface area contributed by atoms with Gasteiger partial charge in [0.25, 0.3) is 5.56 Å². The Morgan fingerprint density at radius 3 is 2.69 bits per heavy atom. The molecule has 29 heavy (non-hydrogen) atoms. The summed E-state index contributed by atoms with van der Waals surface area (Å²) in [4.78, 5) is 30.0. The Hall–Kier alpha value is -3.03. The predicted molar refractivity (Wildman–Crippen MR) is 114 cm³/mol. The summed E-state index contributed by atoms with van der Waals surface area (Å²) >= 11 is 7.29. The van der Waals surface area contributed by atoms with Crippen LogP contribution >= 0.6 is 22.9 Å². The smallest absolute Gasteiger partial charge is 0.294 e. The lowest BCUT2D eigenvalue weighted by Gasteiger charge is -2.09. The molecule has 0 aliphatic heterocycles. The largest absolute Gasteiger partial charge is 0.497 e. The van der Waals surface area contributed by atoms with E-state index < -0.39 is 5.56 Å². The quantitative estimate of drug-likeness (QED) is 0.444. The van der Waals surface area contributed by atoms with Crippen LogP contribution in [0.15, 0.2) is 53.3 Å². The second-order valence-corrected chi connectivity index (χ2v) is 8.02. The summed E-state index contributed by atoms with van der Waals surface area (Å²) < 4.78 is 7.17. The molecule has 146 valence electrons. The van der Waals surface area contributed by atoms with Crippen LogP contribution in [0.25, 0.3) is 21.5 Å². The molecule has 2 aromatic carbocycles. The van der Waals surface area contributed by atoms with Crippen LogP contribution in [0.5, 0.6) is 5.75 Å². The second kappa shape index (κ2) is 7.77. The maximum atomic E-state index is 12.9. The zero-order valence-corrected chi connectivity index (χ0v) is 17.3. The highest BCUT2D eigenvalue weighted by atomic mass is 35.5. The van der Waals surface area contributed by atoms with Gasteiger partial charge in [-0.1, -0.05) is 23.7 Å². The molecular formula is C21H16ClN3O3S. The molecule has 0 aliphatic rings. The van der Waals surface area contributed by atoms with Crippen LogP contribution in [0.4, 0.5) is 0 Å². The van der Waals surface area contributed by atoms with Gasteiger partial charge in [0.1, 0.15) is 18.0 Å². The van der Waals surface area contributed by atoms with Crippen LogP contribution in [0, 0.1) is 6.92 Å². The second-order valence-electron chi connectivity index (χ2n) is 6.38. The fraction of sp³-hybridized carbons (Fsp3) is 0.143. The van der Waals surface area contributed by atoms with Gasteiger partial charge in [-0.2, -0.15) is 5.10 Å². The molecule has 6 nitrogen and oxygen atoms in total. The number of thiazole rings is 1. The number of halogens is 1. The third-order valence-corrected chi connectivity index (χ3v) is 5.64. The fourth-order valence-electron chi connectivity index (χ4n) is 3.00. The molecule has 0 aliphatic carbocycles. The van der Waals surface area contributed by atoms with Crippen molar-refractivity contribution in [1.29, 1.82) is 0 Å². The van der Waals surface area contributed by atoms with Crippen molar-refractivity contribution in [2.45, 2.75) is 13.5 Å². The van der Waals surface area contributed by atoms with Crippen molar-refractivity contribution in [3.8, 4) is 17.0 Å². The molecule has 4 rings (SSSR count). The summed E-state index contributed by atoms with van der Waals surface area (Å²) in [6, 6.07) is 13.9. The van der Waals surface area contributed by atoms with E-state index in [-0.39, 0.29) is 12.3 Å². The van der Waals surface area contributed by atoms with Crippen molar-refractivity contribution >= 4 is 38.9 Å². The molecule has 2 aromatic heterocycles. The maximum absolute atomic E-state index is 12.9. The number of Topliss-reactive ketones (excluding diaryl/α,β-unsaturated/α-hetero) is 1. The van der Waals surface area contributed by atoms with E-state index in [1.807, 2.05) is 31.2 Å². The molecule has 0 fully saturated rings. The van der Waals surface area contributed by atoms with Crippen molar-refractivity contribution in [3.05, 3.63) is 74.5 Å². The van der Waals surface area contributed by atoms with Crippen LogP contribution in [0.1, 0.15) is 15.4 Å². The molecule has 0 spiro atoms. The molecule has 0 N–H and O–H groups in total. The number of nitrogens with zero attached hydrogens (tertiary/aromatic N) is 3. The first-order chi connectivity index (χ1) is 14.0. The minimum Gasteiger partial charge on any atom is -0.497 e. The van der Waals surface area contributed by atoms with Crippen LogP contribution in [0.3, 0.4) is 0 Å². The monoisotopic (exact) mass is 425 g/mol. The van der Waals surface area contributed by atoms with Gasteiger partial charge in [0, 0.05) is 16.1 Å². The Morgan fingerprint density at radius 2 is 1.97 bits per heavy atom. The number of carbonyl (C=O) groups is 1. The molecule has 4 aromatic rings. The molecule has 0 atom stereocenters. The average molecular weight is 426 g/mol. The van der Waals surface area contributed by atoms with Gasteiger partial charge >= 0.3 is 0 Å². The van der Waals surface area contributed by atoms with Crippen LogP contribution in [-0.4, -0.2) is 27.7 Å². The van der Waals surface area contributed by atoms with E-state index in [9.17, 15) is 9.59 Å². The number of methoxy groups -OCH3 is 1. The fourth-order valence-corrected chi connectivity index (χ4v) is 4.04. The van der Waals surface area contributed by atoms with E-state index in [2.05, 4.69) is 10.1 Å². The highest BCUT2D eigenvalue weighted by Gasteiger charge is 2.18. The molecule has 2 heterocycles. The van der Waals surface area contributed by atoms with Crippen molar-refractivity contribution < 1.29 is 9.53 Å². The van der Waals surface area contributed by atoms with Gasteiger partial charge in [-0.25, -0.2) is 9.67 Å². The summed E-state index contributed by atoms with van der Waals surface area (Å²) in [5.41, 5.74) is 1.75. The van der Waals surface area contributed by atoms with Crippen molar-refractivity contribution in [1.82, 2.24) is 14.8 Å². The maximum Gasteiger partial charge on any atom is 0.294 e. The number of ketones is 1. The Bertz CT molecular complexity index is 1280. The number of hydrogen-bond acceptors (Lipinski definition) is 6. The number of aromatic nitrogens is 3. The lowest BCUT2D eigenvalue weighted by molar-refractivity contribution is 0.0966. The van der Waals surface area contributed by atoms with E-state index in [4.69, 9.17) is 16.3 Å².